The van der Waals surface area contributed by atoms with Gasteiger partial charge in [0.1, 0.15) is 0 Å². The Morgan fingerprint density at radius 1 is 1.39 bits per heavy atom. The normalized spacial score (nSPS) is 11.4. The van der Waals surface area contributed by atoms with Crippen LogP contribution in [-0.4, -0.2) is 14.5 Å². The van der Waals surface area contributed by atoms with Crippen molar-refractivity contribution in [1.82, 2.24) is 19.9 Å². The van der Waals surface area contributed by atoms with Gasteiger partial charge in [-0.15, -0.1) is 11.3 Å². The summed E-state index contributed by atoms with van der Waals surface area (Å²) in [5.74, 6) is 0.858. The first-order valence-electron chi connectivity index (χ1n) is 5.78. The Bertz CT molecular complexity index is 667. The maximum atomic E-state index is 5.15. The molecule has 0 saturated carbocycles. The quantitative estimate of drug-likeness (QED) is 0.783. The highest BCUT2D eigenvalue weighted by molar-refractivity contribution is 7.15. The molecule has 0 aliphatic heterocycles. The number of fused-ring (bicyclic) bond motifs is 1. The van der Waals surface area contributed by atoms with Gasteiger partial charge in [-0.3, -0.25) is 4.40 Å². The number of thiazole rings is 1. The molecule has 0 radical (unpaired) electrons. The van der Waals surface area contributed by atoms with E-state index in [1.807, 2.05) is 25.3 Å². The molecule has 0 aliphatic rings. The van der Waals surface area contributed by atoms with Gasteiger partial charge in [0.2, 0.25) is 0 Å². The number of nitrogens with one attached hydrogen (secondary N) is 1. The van der Waals surface area contributed by atoms with Crippen LogP contribution in [0.2, 0.25) is 0 Å². The van der Waals surface area contributed by atoms with Crippen molar-refractivity contribution in [1.29, 1.82) is 0 Å². The highest BCUT2D eigenvalue weighted by Crippen LogP contribution is 2.16. The summed E-state index contributed by atoms with van der Waals surface area (Å²) in [5, 5.41) is 9.26. The van der Waals surface area contributed by atoms with Gasteiger partial charge in [0, 0.05) is 24.2 Å². The van der Waals surface area contributed by atoms with E-state index in [-0.39, 0.29) is 0 Å². The second-order valence-corrected chi connectivity index (χ2v) is 5.11. The minimum absolute atomic E-state index is 0.678. The average Bonchev–Trinajstić information content (AvgIpc) is 2.99. The van der Waals surface area contributed by atoms with Crippen LogP contribution in [0.3, 0.4) is 0 Å². The van der Waals surface area contributed by atoms with Crippen molar-refractivity contribution < 1.29 is 4.52 Å². The maximum Gasteiger partial charge on any atom is 0.194 e. The molecule has 3 aromatic heterocycles. The lowest BCUT2D eigenvalue weighted by Gasteiger charge is -2.02. The van der Waals surface area contributed by atoms with Crippen LogP contribution in [-0.2, 0) is 13.1 Å². The molecule has 0 bridgehead atoms. The van der Waals surface area contributed by atoms with Gasteiger partial charge < -0.3 is 9.84 Å². The first-order valence-corrected chi connectivity index (χ1v) is 6.66. The zero-order valence-electron chi connectivity index (χ0n) is 10.3. The maximum absolute atomic E-state index is 5.15. The van der Waals surface area contributed by atoms with Crippen molar-refractivity contribution in [2.45, 2.75) is 26.9 Å². The largest absolute Gasteiger partial charge is 0.360 e. The standard InChI is InChI=1S/C12H14N4OS/c1-8-5-10(17-15-8)6-13-7-11-9(2)14-12-16(11)3-4-18-12/h3-5,13H,6-7H2,1-2H3. The van der Waals surface area contributed by atoms with Crippen LogP contribution in [0.1, 0.15) is 22.8 Å². The summed E-state index contributed by atoms with van der Waals surface area (Å²) in [6, 6.07) is 1.94. The van der Waals surface area contributed by atoms with E-state index in [9.17, 15) is 0 Å². The van der Waals surface area contributed by atoms with Crippen LogP contribution in [0.4, 0.5) is 0 Å². The highest BCUT2D eigenvalue weighted by Gasteiger charge is 2.09. The SMILES string of the molecule is Cc1cc(CNCc2c(C)nc3sccn23)on1. The van der Waals surface area contributed by atoms with Crippen molar-refractivity contribution in [3.63, 3.8) is 0 Å². The molecule has 1 N–H and O–H groups in total. The van der Waals surface area contributed by atoms with Gasteiger partial charge in [-0.25, -0.2) is 4.98 Å². The monoisotopic (exact) mass is 262 g/mol. The Balaban J connectivity index is 1.69. The van der Waals surface area contributed by atoms with Crippen LogP contribution in [0.5, 0.6) is 0 Å². The topological polar surface area (TPSA) is 55.4 Å². The lowest BCUT2D eigenvalue weighted by Crippen LogP contribution is -2.14. The third kappa shape index (κ3) is 2.04. The summed E-state index contributed by atoms with van der Waals surface area (Å²) in [7, 11) is 0. The Morgan fingerprint density at radius 2 is 2.28 bits per heavy atom. The minimum atomic E-state index is 0.678. The third-order valence-corrected chi connectivity index (χ3v) is 3.59. The number of hydrogen-bond donors (Lipinski definition) is 1. The molecular weight excluding hydrogens is 248 g/mol. The number of imidazole rings is 1. The smallest absolute Gasteiger partial charge is 0.194 e. The van der Waals surface area contributed by atoms with Crippen LogP contribution >= 0.6 is 11.3 Å². The average molecular weight is 262 g/mol. The molecule has 0 aliphatic carbocycles. The van der Waals surface area contributed by atoms with Gasteiger partial charge in [-0.05, 0) is 13.8 Å². The zero-order valence-corrected chi connectivity index (χ0v) is 11.1. The summed E-state index contributed by atoms with van der Waals surface area (Å²) in [6.45, 7) is 5.40. The van der Waals surface area contributed by atoms with Crippen molar-refractivity contribution in [3.8, 4) is 0 Å². The van der Waals surface area contributed by atoms with Gasteiger partial charge in [0.25, 0.3) is 0 Å². The van der Waals surface area contributed by atoms with E-state index in [2.05, 4.69) is 26.1 Å². The molecule has 18 heavy (non-hydrogen) atoms. The first kappa shape index (κ1) is 11.4. The zero-order chi connectivity index (χ0) is 12.5. The van der Waals surface area contributed by atoms with Crippen LogP contribution in [0.25, 0.3) is 4.96 Å². The number of aryl methyl sites for hydroxylation is 2. The predicted octanol–water partition coefficient (Wildman–Crippen LogP) is 2.29. The Kier molecular flexibility index (Phi) is 2.89. The molecule has 5 nitrogen and oxygen atoms in total. The van der Waals surface area contributed by atoms with E-state index >= 15 is 0 Å². The van der Waals surface area contributed by atoms with Gasteiger partial charge >= 0.3 is 0 Å². The molecule has 0 fully saturated rings. The van der Waals surface area contributed by atoms with Crippen LogP contribution < -0.4 is 5.32 Å². The summed E-state index contributed by atoms with van der Waals surface area (Å²) in [5.41, 5.74) is 3.18. The lowest BCUT2D eigenvalue weighted by molar-refractivity contribution is 0.369. The van der Waals surface area contributed by atoms with E-state index < -0.39 is 0 Å². The summed E-state index contributed by atoms with van der Waals surface area (Å²) in [4.78, 5) is 5.55. The Hall–Kier alpha value is -1.66. The van der Waals surface area contributed by atoms with E-state index in [1.54, 1.807) is 11.3 Å². The Labute approximate surface area is 108 Å². The minimum Gasteiger partial charge on any atom is -0.360 e. The highest BCUT2D eigenvalue weighted by atomic mass is 32.1. The van der Waals surface area contributed by atoms with Gasteiger partial charge in [0.15, 0.2) is 10.7 Å². The molecule has 0 aromatic carbocycles. The van der Waals surface area contributed by atoms with Gasteiger partial charge in [-0.2, -0.15) is 0 Å². The Morgan fingerprint density at radius 3 is 3.06 bits per heavy atom. The molecule has 6 heteroatoms. The molecule has 3 heterocycles. The third-order valence-electron chi connectivity index (χ3n) is 2.83. The molecule has 3 rings (SSSR count). The van der Waals surface area contributed by atoms with E-state index in [4.69, 9.17) is 4.52 Å². The number of rotatable bonds is 4. The molecule has 0 atom stereocenters. The number of nitrogens with zero attached hydrogens (tertiary/aromatic N) is 3. The summed E-state index contributed by atoms with van der Waals surface area (Å²) in [6.07, 6.45) is 2.05. The van der Waals surface area contributed by atoms with E-state index in [0.717, 1.165) is 28.7 Å². The molecular formula is C12H14N4OS. The van der Waals surface area contributed by atoms with Crippen LogP contribution in [0, 0.1) is 13.8 Å². The second kappa shape index (κ2) is 4.55. The number of aromatic nitrogens is 3. The summed E-state index contributed by atoms with van der Waals surface area (Å²) >= 11 is 1.65. The van der Waals surface area contributed by atoms with Crippen molar-refractivity contribution in [2.24, 2.45) is 0 Å². The lowest BCUT2D eigenvalue weighted by atomic mass is 10.3. The fourth-order valence-electron chi connectivity index (χ4n) is 1.96. The van der Waals surface area contributed by atoms with Crippen molar-refractivity contribution >= 4 is 16.3 Å². The number of hydrogen-bond acceptors (Lipinski definition) is 5. The predicted molar refractivity (Wildman–Crippen MR) is 69.6 cm³/mol. The van der Waals surface area contributed by atoms with Crippen molar-refractivity contribution in [3.05, 3.63) is 40.5 Å². The molecule has 0 unspecified atom stereocenters. The second-order valence-electron chi connectivity index (χ2n) is 4.24. The van der Waals surface area contributed by atoms with Gasteiger partial charge in [-0.1, -0.05) is 5.16 Å². The molecule has 3 aromatic rings. The summed E-state index contributed by atoms with van der Waals surface area (Å²) < 4.78 is 7.28. The molecule has 0 spiro atoms. The van der Waals surface area contributed by atoms with E-state index in [0.29, 0.717) is 6.54 Å². The van der Waals surface area contributed by atoms with Crippen molar-refractivity contribution in [2.75, 3.05) is 0 Å². The van der Waals surface area contributed by atoms with Gasteiger partial charge in [0.05, 0.1) is 23.6 Å². The molecule has 0 amide bonds. The van der Waals surface area contributed by atoms with E-state index in [1.165, 1.54) is 5.69 Å². The fraction of sp³-hybridized carbons (Fsp3) is 0.333. The first-order chi connectivity index (χ1) is 8.74. The molecule has 0 saturated heterocycles. The van der Waals surface area contributed by atoms with Crippen LogP contribution in [0.15, 0.2) is 22.2 Å². The molecule has 94 valence electrons. The fourth-order valence-corrected chi connectivity index (χ4v) is 2.74.